The summed E-state index contributed by atoms with van der Waals surface area (Å²) in [6.07, 6.45) is -6.76. The van der Waals surface area contributed by atoms with Crippen LogP contribution in [0.1, 0.15) is 22.4 Å². The van der Waals surface area contributed by atoms with Gasteiger partial charge < -0.3 is 15.6 Å². The first-order valence-electron chi connectivity index (χ1n) is 10.3. The SMILES string of the molecule is FC(F)(F)c1ccccc1NC1=CCc2cc3ccc(Nc4ccccc4C(F)(F)F)c-3[nH]c21. The molecule has 174 valence electrons. The van der Waals surface area contributed by atoms with Crippen LogP contribution >= 0.6 is 0 Å². The molecule has 1 aliphatic heterocycles. The van der Waals surface area contributed by atoms with Gasteiger partial charge in [0.1, 0.15) is 0 Å². The third kappa shape index (κ3) is 3.98. The summed E-state index contributed by atoms with van der Waals surface area (Å²) in [6.45, 7) is 0. The third-order valence-electron chi connectivity index (χ3n) is 5.69. The summed E-state index contributed by atoms with van der Waals surface area (Å²) in [7, 11) is 0. The van der Waals surface area contributed by atoms with E-state index in [4.69, 9.17) is 0 Å². The average Bonchev–Trinajstić information content (AvgIpc) is 3.35. The summed E-state index contributed by atoms with van der Waals surface area (Å²) < 4.78 is 80.4. The van der Waals surface area contributed by atoms with Crippen molar-refractivity contribution in [1.29, 1.82) is 0 Å². The number of alkyl halides is 6. The average molecular weight is 473 g/mol. The van der Waals surface area contributed by atoms with Crippen LogP contribution in [0.25, 0.3) is 17.0 Å². The Morgan fingerprint density at radius 1 is 0.647 bits per heavy atom. The largest absolute Gasteiger partial charge is 0.418 e. The number of nitrogens with one attached hydrogen (secondary N) is 3. The minimum absolute atomic E-state index is 0.0810. The summed E-state index contributed by atoms with van der Waals surface area (Å²) in [6, 6.07) is 15.7. The lowest BCUT2D eigenvalue weighted by Gasteiger charge is -2.18. The van der Waals surface area contributed by atoms with E-state index < -0.39 is 23.5 Å². The van der Waals surface area contributed by atoms with E-state index in [0.29, 0.717) is 29.2 Å². The van der Waals surface area contributed by atoms with E-state index in [0.717, 1.165) is 23.3 Å². The molecule has 0 unspecified atom stereocenters. The fraction of sp³-hybridized carbons (Fsp3) is 0.120. The minimum Gasteiger partial charge on any atom is -0.354 e. The molecular weight excluding hydrogens is 456 g/mol. The molecule has 0 fully saturated rings. The topological polar surface area (TPSA) is 39.8 Å². The summed E-state index contributed by atoms with van der Waals surface area (Å²) in [4.78, 5) is 3.21. The van der Waals surface area contributed by atoms with Crippen molar-refractivity contribution in [2.24, 2.45) is 0 Å². The summed E-state index contributed by atoms with van der Waals surface area (Å²) in [5.74, 6) is 0. The van der Waals surface area contributed by atoms with E-state index in [1.165, 1.54) is 36.4 Å². The van der Waals surface area contributed by atoms with Gasteiger partial charge in [-0.2, -0.15) is 26.3 Å². The molecule has 34 heavy (non-hydrogen) atoms. The van der Waals surface area contributed by atoms with E-state index in [9.17, 15) is 26.3 Å². The van der Waals surface area contributed by atoms with Crippen LogP contribution in [-0.4, -0.2) is 4.98 Å². The maximum atomic E-state index is 13.4. The Hall–Kier alpha value is -3.88. The van der Waals surface area contributed by atoms with Crippen molar-refractivity contribution in [1.82, 2.24) is 4.98 Å². The normalized spacial score (nSPS) is 13.6. The van der Waals surface area contributed by atoms with Crippen molar-refractivity contribution >= 4 is 22.8 Å². The molecule has 3 N–H and O–H groups in total. The van der Waals surface area contributed by atoms with Gasteiger partial charge in [0.05, 0.1) is 45.3 Å². The number of allylic oxidation sites excluding steroid dienone is 1. The number of H-pyrrole nitrogens is 1. The van der Waals surface area contributed by atoms with Gasteiger partial charge in [0.2, 0.25) is 0 Å². The smallest absolute Gasteiger partial charge is 0.354 e. The Balaban J connectivity index is 1.50. The van der Waals surface area contributed by atoms with Crippen LogP contribution in [-0.2, 0) is 18.8 Å². The van der Waals surface area contributed by atoms with Crippen LogP contribution in [0.15, 0.2) is 72.8 Å². The number of hydrogen-bond donors (Lipinski definition) is 3. The van der Waals surface area contributed by atoms with E-state index in [2.05, 4.69) is 15.6 Å². The molecule has 5 rings (SSSR count). The number of anilines is 3. The minimum atomic E-state index is -4.53. The molecule has 0 saturated heterocycles. The Kier molecular flexibility index (Phi) is 5.07. The Bertz CT molecular complexity index is 1360. The molecule has 2 aliphatic carbocycles. The van der Waals surface area contributed by atoms with Gasteiger partial charge in [0.15, 0.2) is 0 Å². The van der Waals surface area contributed by atoms with Crippen molar-refractivity contribution in [2.75, 3.05) is 10.6 Å². The Morgan fingerprint density at radius 3 is 1.85 bits per heavy atom. The lowest BCUT2D eigenvalue weighted by molar-refractivity contribution is -0.137. The number of fused-ring (bicyclic) bond motifs is 2. The summed E-state index contributed by atoms with van der Waals surface area (Å²) >= 11 is 0. The third-order valence-corrected chi connectivity index (χ3v) is 5.69. The van der Waals surface area contributed by atoms with E-state index >= 15 is 0 Å². The molecule has 0 spiro atoms. The van der Waals surface area contributed by atoms with Crippen LogP contribution in [0, 0.1) is 0 Å². The first-order valence-corrected chi connectivity index (χ1v) is 10.3. The Morgan fingerprint density at radius 2 is 1.24 bits per heavy atom. The highest BCUT2D eigenvalue weighted by molar-refractivity contribution is 5.88. The number of halogens is 6. The van der Waals surface area contributed by atoms with Crippen LogP contribution < -0.4 is 10.6 Å². The van der Waals surface area contributed by atoms with Gasteiger partial charge >= 0.3 is 12.4 Å². The highest BCUT2D eigenvalue weighted by Gasteiger charge is 2.35. The summed E-state index contributed by atoms with van der Waals surface area (Å²) in [5, 5.41) is 5.71. The number of benzene rings is 2. The standard InChI is InChI=1S/C25H17F6N3/c26-24(27,28)16-5-1-3-7-18(16)32-20-11-9-14-13-15-10-12-21(23(15)34-22(14)20)33-19-8-4-2-6-17(19)25(29,30)31/h1-9,11-13,32-34H,10H2. The van der Waals surface area contributed by atoms with Crippen LogP contribution in [0.5, 0.6) is 0 Å². The van der Waals surface area contributed by atoms with Gasteiger partial charge in [0, 0.05) is 5.56 Å². The molecule has 0 radical (unpaired) electrons. The van der Waals surface area contributed by atoms with Gasteiger partial charge in [-0.3, -0.25) is 0 Å². The van der Waals surface area contributed by atoms with Gasteiger partial charge in [-0.05, 0) is 48.4 Å². The highest BCUT2D eigenvalue weighted by atomic mass is 19.4. The predicted octanol–water partition coefficient (Wildman–Crippen LogP) is 7.91. The monoisotopic (exact) mass is 473 g/mol. The molecular formula is C25H17F6N3. The van der Waals surface area contributed by atoms with Crippen LogP contribution in [0.2, 0.25) is 0 Å². The second-order valence-corrected chi connectivity index (χ2v) is 7.91. The number of pyridine rings is 1. The van der Waals surface area contributed by atoms with E-state index in [1.54, 1.807) is 18.2 Å². The number of hydrogen-bond acceptors (Lipinski definition) is 2. The molecule has 0 aromatic heterocycles. The second-order valence-electron chi connectivity index (χ2n) is 7.91. The van der Waals surface area contributed by atoms with Gasteiger partial charge in [-0.25, -0.2) is 0 Å². The van der Waals surface area contributed by atoms with Crippen molar-refractivity contribution < 1.29 is 26.3 Å². The predicted molar refractivity (Wildman–Crippen MR) is 119 cm³/mol. The lowest BCUT2D eigenvalue weighted by atomic mass is 10.1. The Labute approximate surface area is 190 Å². The van der Waals surface area contributed by atoms with Crippen LogP contribution in [0.4, 0.5) is 43.4 Å². The van der Waals surface area contributed by atoms with Gasteiger partial charge in [-0.15, -0.1) is 0 Å². The maximum absolute atomic E-state index is 13.4. The fourth-order valence-electron chi connectivity index (χ4n) is 4.12. The molecule has 2 aromatic rings. The molecule has 9 heteroatoms. The molecule has 0 atom stereocenters. The fourth-order valence-corrected chi connectivity index (χ4v) is 4.12. The van der Waals surface area contributed by atoms with E-state index in [-0.39, 0.29) is 11.4 Å². The van der Waals surface area contributed by atoms with Gasteiger partial charge in [0.25, 0.3) is 0 Å². The molecule has 3 aliphatic rings. The highest BCUT2D eigenvalue weighted by Crippen LogP contribution is 2.42. The first-order chi connectivity index (χ1) is 16.1. The first kappa shape index (κ1) is 21.9. The van der Waals surface area contributed by atoms with E-state index in [1.807, 2.05) is 6.07 Å². The lowest BCUT2D eigenvalue weighted by Crippen LogP contribution is -2.10. The van der Waals surface area contributed by atoms with Crippen molar-refractivity contribution in [3.63, 3.8) is 0 Å². The van der Waals surface area contributed by atoms with Crippen molar-refractivity contribution in [3.05, 3.63) is 95.2 Å². The zero-order valence-electron chi connectivity index (χ0n) is 17.4. The number of para-hydroxylation sites is 2. The van der Waals surface area contributed by atoms with Crippen molar-refractivity contribution in [2.45, 2.75) is 18.8 Å². The maximum Gasteiger partial charge on any atom is 0.418 e. The van der Waals surface area contributed by atoms with Crippen molar-refractivity contribution in [3.8, 4) is 11.3 Å². The molecule has 0 saturated carbocycles. The summed E-state index contributed by atoms with van der Waals surface area (Å²) in [5.41, 5.74) is 1.92. The number of rotatable bonds is 4. The number of aromatic amines is 1. The van der Waals surface area contributed by atoms with Gasteiger partial charge in [-0.1, -0.05) is 36.4 Å². The quantitative estimate of drug-likeness (QED) is 0.264. The zero-order valence-corrected chi connectivity index (χ0v) is 17.4. The second kappa shape index (κ2) is 7.86. The number of aromatic nitrogens is 1. The molecule has 2 aromatic carbocycles. The zero-order chi connectivity index (χ0) is 24.1. The molecule has 0 amide bonds. The van der Waals surface area contributed by atoms with Crippen LogP contribution in [0.3, 0.4) is 0 Å². The molecule has 3 nitrogen and oxygen atoms in total. The molecule has 1 heterocycles. The molecule has 0 bridgehead atoms.